The summed E-state index contributed by atoms with van der Waals surface area (Å²) in [5.41, 5.74) is 4.17. The summed E-state index contributed by atoms with van der Waals surface area (Å²) in [7, 11) is 1.58. The summed E-state index contributed by atoms with van der Waals surface area (Å²) < 4.78 is 7.24. The third kappa shape index (κ3) is 2.22. The lowest BCUT2D eigenvalue weighted by atomic mass is 10.0. The lowest BCUT2D eigenvalue weighted by Crippen LogP contribution is -2.15. The van der Waals surface area contributed by atoms with Crippen LogP contribution in [0.5, 0.6) is 5.75 Å². The summed E-state index contributed by atoms with van der Waals surface area (Å²) >= 11 is 0. The Hall–Kier alpha value is -2.89. The first-order chi connectivity index (χ1) is 11.7. The van der Waals surface area contributed by atoms with Gasteiger partial charge in [-0.3, -0.25) is 9.20 Å². The van der Waals surface area contributed by atoms with Crippen LogP contribution in [0.25, 0.3) is 5.65 Å². The Balaban J connectivity index is 1.78. The molecule has 1 aliphatic rings. The molecule has 1 aliphatic carbocycles. The van der Waals surface area contributed by atoms with Gasteiger partial charge in [0.1, 0.15) is 12.1 Å². The highest BCUT2D eigenvalue weighted by atomic mass is 16.5. The van der Waals surface area contributed by atoms with Gasteiger partial charge in [-0.25, -0.2) is 0 Å². The van der Waals surface area contributed by atoms with E-state index in [1.807, 2.05) is 34.7 Å². The normalized spacial score (nSPS) is 16.2. The standard InChI is InChI=1S/C18H18N4O2/c1-11-7-8-15-12(11)9-13(17-21-19-10-22(15)17)18(23)20-14-5-3-4-6-16(14)24-2/h3-6,9-11H,7-8H2,1-2H3,(H,20,23)/t11-/m1/s1. The maximum Gasteiger partial charge on any atom is 0.259 e. The van der Waals surface area contributed by atoms with Gasteiger partial charge in [-0.15, -0.1) is 10.2 Å². The minimum absolute atomic E-state index is 0.209. The first-order valence-corrected chi connectivity index (χ1v) is 7.99. The molecule has 1 amide bonds. The second kappa shape index (κ2) is 5.63. The number of hydrogen-bond acceptors (Lipinski definition) is 4. The number of hydrogen-bond donors (Lipinski definition) is 1. The Labute approximate surface area is 139 Å². The molecule has 0 spiro atoms. The average Bonchev–Trinajstić information content (AvgIpc) is 3.21. The smallest absolute Gasteiger partial charge is 0.259 e. The van der Waals surface area contributed by atoms with E-state index in [9.17, 15) is 4.79 Å². The first kappa shape index (κ1) is 14.7. The number of nitrogens with zero attached hydrogens (tertiary/aromatic N) is 3. The van der Waals surface area contributed by atoms with E-state index in [4.69, 9.17) is 4.74 Å². The fraction of sp³-hybridized carbons (Fsp3) is 0.278. The van der Waals surface area contributed by atoms with Crippen LogP contribution in [0.1, 0.15) is 40.9 Å². The number of aryl methyl sites for hydroxylation is 1. The number of benzene rings is 1. The third-order valence-corrected chi connectivity index (χ3v) is 4.66. The fourth-order valence-electron chi connectivity index (χ4n) is 3.36. The molecule has 0 fully saturated rings. The number of aromatic nitrogens is 3. The van der Waals surface area contributed by atoms with E-state index in [1.54, 1.807) is 13.4 Å². The quantitative estimate of drug-likeness (QED) is 0.805. The largest absolute Gasteiger partial charge is 0.495 e. The number of ether oxygens (including phenoxy) is 1. The van der Waals surface area contributed by atoms with Crippen molar-refractivity contribution in [2.75, 3.05) is 12.4 Å². The molecule has 0 bridgehead atoms. The zero-order valence-corrected chi connectivity index (χ0v) is 13.6. The Morgan fingerprint density at radius 2 is 2.21 bits per heavy atom. The monoisotopic (exact) mass is 322 g/mol. The summed E-state index contributed by atoms with van der Waals surface area (Å²) in [5, 5.41) is 11.1. The van der Waals surface area contributed by atoms with Crippen LogP contribution in [0, 0.1) is 0 Å². The molecule has 1 N–H and O–H groups in total. The predicted octanol–water partition coefficient (Wildman–Crippen LogP) is 3.04. The molecule has 0 saturated carbocycles. The van der Waals surface area contributed by atoms with Crippen molar-refractivity contribution in [3.8, 4) is 5.75 Å². The van der Waals surface area contributed by atoms with E-state index in [1.165, 1.54) is 11.3 Å². The number of carbonyl (C=O) groups is 1. The molecular formula is C18H18N4O2. The molecule has 0 unspecified atom stereocenters. The molecule has 0 radical (unpaired) electrons. The van der Waals surface area contributed by atoms with Gasteiger partial charge >= 0.3 is 0 Å². The van der Waals surface area contributed by atoms with Crippen LogP contribution in [0.3, 0.4) is 0 Å². The van der Waals surface area contributed by atoms with Crippen molar-refractivity contribution in [3.05, 3.63) is 53.5 Å². The van der Waals surface area contributed by atoms with Crippen molar-refractivity contribution in [1.29, 1.82) is 0 Å². The molecule has 4 rings (SSSR count). The van der Waals surface area contributed by atoms with Gasteiger partial charge in [-0.2, -0.15) is 0 Å². The molecule has 0 aliphatic heterocycles. The van der Waals surface area contributed by atoms with Gasteiger partial charge in [0.05, 0.1) is 18.4 Å². The van der Waals surface area contributed by atoms with Crippen molar-refractivity contribution in [2.45, 2.75) is 25.7 Å². The first-order valence-electron chi connectivity index (χ1n) is 7.99. The van der Waals surface area contributed by atoms with E-state index in [0.717, 1.165) is 12.8 Å². The highest BCUT2D eigenvalue weighted by molar-refractivity contribution is 6.09. The second-order valence-electron chi connectivity index (χ2n) is 6.08. The summed E-state index contributed by atoms with van der Waals surface area (Å²) in [6.07, 6.45) is 3.76. The van der Waals surface area contributed by atoms with Gasteiger partial charge in [0.15, 0.2) is 5.65 Å². The Bertz CT molecular complexity index is 932. The lowest BCUT2D eigenvalue weighted by Gasteiger charge is -2.13. The number of methoxy groups -OCH3 is 1. The minimum Gasteiger partial charge on any atom is -0.495 e. The average molecular weight is 322 g/mol. The van der Waals surface area contributed by atoms with E-state index in [2.05, 4.69) is 22.4 Å². The lowest BCUT2D eigenvalue weighted by molar-refractivity contribution is 0.102. The van der Waals surface area contributed by atoms with Crippen molar-refractivity contribution < 1.29 is 9.53 Å². The van der Waals surface area contributed by atoms with E-state index < -0.39 is 0 Å². The van der Waals surface area contributed by atoms with Gasteiger partial charge in [-0.1, -0.05) is 19.1 Å². The number of pyridine rings is 1. The molecule has 1 aromatic carbocycles. The fourth-order valence-corrected chi connectivity index (χ4v) is 3.36. The summed E-state index contributed by atoms with van der Waals surface area (Å²) in [6, 6.07) is 9.31. The molecule has 2 heterocycles. The van der Waals surface area contributed by atoms with Gasteiger partial charge in [0, 0.05) is 5.69 Å². The topological polar surface area (TPSA) is 68.5 Å². The van der Waals surface area contributed by atoms with Crippen molar-refractivity contribution in [2.24, 2.45) is 0 Å². The molecule has 122 valence electrons. The third-order valence-electron chi connectivity index (χ3n) is 4.66. The van der Waals surface area contributed by atoms with Crippen LogP contribution in [0.15, 0.2) is 36.7 Å². The number of anilines is 1. The maximum atomic E-state index is 12.9. The number of nitrogens with one attached hydrogen (secondary N) is 1. The molecule has 0 saturated heterocycles. The Morgan fingerprint density at radius 3 is 3.04 bits per heavy atom. The van der Waals surface area contributed by atoms with Crippen LogP contribution in [0.4, 0.5) is 5.69 Å². The van der Waals surface area contributed by atoms with Gasteiger partial charge in [-0.05, 0) is 42.5 Å². The molecule has 24 heavy (non-hydrogen) atoms. The SMILES string of the molecule is COc1ccccc1NC(=O)c1cc2c(n3cnnc13)CC[C@H]2C. The zero-order chi connectivity index (χ0) is 16.7. The summed E-state index contributed by atoms with van der Waals surface area (Å²) in [6.45, 7) is 2.18. The molecule has 2 aromatic heterocycles. The van der Waals surface area contributed by atoms with Gasteiger partial charge < -0.3 is 10.1 Å². The number of amides is 1. The van der Waals surface area contributed by atoms with Crippen LogP contribution >= 0.6 is 0 Å². The predicted molar refractivity (Wildman–Crippen MR) is 90.7 cm³/mol. The number of para-hydroxylation sites is 2. The van der Waals surface area contributed by atoms with E-state index >= 15 is 0 Å². The van der Waals surface area contributed by atoms with E-state index in [-0.39, 0.29) is 5.91 Å². The van der Waals surface area contributed by atoms with Crippen LogP contribution in [-0.2, 0) is 6.42 Å². The molecule has 3 aromatic rings. The van der Waals surface area contributed by atoms with Crippen LogP contribution in [-0.4, -0.2) is 27.6 Å². The number of fused-ring (bicyclic) bond motifs is 3. The Morgan fingerprint density at radius 1 is 1.38 bits per heavy atom. The zero-order valence-electron chi connectivity index (χ0n) is 13.6. The maximum absolute atomic E-state index is 12.9. The highest BCUT2D eigenvalue weighted by Crippen LogP contribution is 2.34. The summed E-state index contributed by atoms with van der Waals surface area (Å²) in [4.78, 5) is 12.9. The van der Waals surface area contributed by atoms with Crippen molar-refractivity contribution in [1.82, 2.24) is 14.6 Å². The molecule has 6 heteroatoms. The van der Waals surface area contributed by atoms with Crippen molar-refractivity contribution >= 4 is 17.2 Å². The second-order valence-corrected chi connectivity index (χ2v) is 6.08. The molecular weight excluding hydrogens is 304 g/mol. The van der Waals surface area contributed by atoms with Gasteiger partial charge in [0.25, 0.3) is 5.91 Å². The molecule has 1 atom stereocenters. The van der Waals surface area contributed by atoms with Crippen molar-refractivity contribution in [3.63, 3.8) is 0 Å². The highest BCUT2D eigenvalue weighted by Gasteiger charge is 2.26. The Kier molecular flexibility index (Phi) is 3.45. The van der Waals surface area contributed by atoms with Crippen LogP contribution < -0.4 is 10.1 Å². The van der Waals surface area contributed by atoms with E-state index in [0.29, 0.717) is 28.6 Å². The summed E-state index contributed by atoms with van der Waals surface area (Å²) in [5.74, 6) is 0.849. The minimum atomic E-state index is -0.209. The number of carbonyl (C=O) groups excluding carboxylic acids is 1. The van der Waals surface area contributed by atoms with Gasteiger partial charge in [0.2, 0.25) is 0 Å². The molecule has 6 nitrogen and oxygen atoms in total. The van der Waals surface area contributed by atoms with Crippen LogP contribution in [0.2, 0.25) is 0 Å². The number of rotatable bonds is 3.